The van der Waals surface area contributed by atoms with Crippen molar-refractivity contribution in [3.05, 3.63) is 51.5 Å². The molecule has 3 N–H and O–H groups in total. The van der Waals surface area contributed by atoms with Gasteiger partial charge in [0.1, 0.15) is 0 Å². The number of sulfonamides is 1. The average molecular weight is 552 g/mol. The van der Waals surface area contributed by atoms with Crippen molar-refractivity contribution in [2.75, 3.05) is 13.6 Å². The van der Waals surface area contributed by atoms with Crippen molar-refractivity contribution < 1.29 is 8.42 Å². The van der Waals surface area contributed by atoms with Gasteiger partial charge < -0.3 is 10.6 Å². The molecule has 0 atom stereocenters. The van der Waals surface area contributed by atoms with Crippen LogP contribution in [0.3, 0.4) is 0 Å². The van der Waals surface area contributed by atoms with Crippen LogP contribution >= 0.6 is 35.3 Å². The first kappa shape index (κ1) is 25.8. The maximum absolute atomic E-state index is 12.0. The first-order chi connectivity index (χ1) is 13.3. The van der Waals surface area contributed by atoms with Gasteiger partial charge in [-0.2, -0.15) is 0 Å². The van der Waals surface area contributed by atoms with Gasteiger partial charge in [0.15, 0.2) is 5.96 Å². The van der Waals surface area contributed by atoms with Crippen molar-refractivity contribution in [2.45, 2.75) is 45.5 Å². The normalized spacial score (nSPS) is 12.0. The number of hydrogen-bond acceptors (Lipinski definition) is 5. The number of halogens is 1. The van der Waals surface area contributed by atoms with Crippen LogP contribution < -0.4 is 15.4 Å². The van der Waals surface area contributed by atoms with Crippen LogP contribution in [0.15, 0.2) is 35.5 Å². The van der Waals surface area contributed by atoms with Crippen molar-refractivity contribution in [2.24, 2.45) is 4.99 Å². The second-order valence-electron chi connectivity index (χ2n) is 6.82. The number of rotatable bonds is 9. The molecule has 10 heteroatoms. The lowest BCUT2D eigenvalue weighted by atomic mass is 10.1. The van der Waals surface area contributed by atoms with Gasteiger partial charge in [-0.3, -0.25) is 4.99 Å². The number of hydrogen-bond donors (Lipinski definition) is 3. The second-order valence-corrected chi connectivity index (χ2v) is 9.89. The molecule has 0 radical (unpaired) electrons. The maximum Gasteiger partial charge on any atom is 0.216 e. The van der Waals surface area contributed by atoms with Crippen LogP contribution in [0.1, 0.15) is 34.9 Å². The van der Waals surface area contributed by atoms with E-state index in [1.807, 2.05) is 44.3 Å². The topological polar surface area (TPSA) is 95.5 Å². The lowest BCUT2D eigenvalue weighted by Crippen LogP contribution is -2.37. The molecule has 7 nitrogen and oxygen atoms in total. The maximum atomic E-state index is 12.0. The molecule has 0 spiro atoms. The molecule has 2 aromatic rings. The second kappa shape index (κ2) is 12.5. The molecule has 0 amide bonds. The first-order valence-corrected chi connectivity index (χ1v) is 11.7. The highest BCUT2D eigenvalue weighted by Gasteiger charge is 2.12. The highest BCUT2D eigenvalue weighted by molar-refractivity contribution is 14.0. The largest absolute Gasteiger partial charge is 0.356 e. The van der Waals surface area contributed by atoms with E-state index in [1.54, 1.807) is 18.4 Å². The molecule has 0 bridgehead atoms. The van der Waals surface area contributed by atoms with Gasteiger partial charge in [0.2, 0.25) is 10.0 Å². The molecule has 0 aliphatic heterocycles. The zero-order valence-electron chi connectivity index (χ0n) is 17.2. The SMILES string of the molecule is CN=C(NCCc1ncc(C)s1)NCc1ccc(CS(=O)(=O)NC(C)C)cc1.I. The Morgan fingerprint density at radius 3 is 2.38 bits per heavy atom. The summed E-state index contributed by atoms with van der Waals surface area (Å²) in [5.74, 6) is 0.708. The molecule has 0 fully saturated rings. The van der Waals surface area contributed by atoms with Gasteiger partial charge in [-0.15, -0.1) is 35.3 Å². The van der Waals surface area contributed by atoms with Crippen LogP contribution in [-0.2, 0) is 28.7 Å². The van der Waals surface area contributed by atoms with Crippen molar-refractivity contribution in [3.8, 4) is 0 Å². The Kier molecular flexibility index (Phi) is 11.1. The Labute approximate surface area is 194 Å². The minimum atomic E-state index is -3.31. The predicted molar refractivity (Wildman–Crippen MR) is 132 cm³/mol. The summed E-state index contributed by atoms with van der Waals surface area (Å²) < 4.78 is 26.6. The van der Waals surface area contributed by atoms with Gasteiger partial charge in [0, 0.05) is 43.7 Å². The van der Waals surface area contributed by atoms with Crippen molar-refractivity contribution in [1.82, 2.24) is 20.3 Å². The molecular formula is C19H30IN5O2S2. The molecule has 1 heterocycles. The Morgan fingerprint density at radius 2 is 1.83 bits per heavy atom. The Hall–Kier alpha value is -1.24. The van der Waals surface area contributed by atoms with Gasteiger partial charge in [0.05, 0.1) is 10.8 Å². The summed E-state index contributed by atoms with van der Waals surface area (Å²) in [6, 6.07) is 7.44. The van der Waals surface area contributed by atoms with Crippen LogP contribution in [0.4, 0.5) is 0 Å². The van der Waals surface area contributed by atoms with Crippen LogP contribution in [0, 0.1) is 6.92 Å². The van der Waals surface area contributed by atoms with Gasteiger partial charge in [0.25, 0.3) is 0 Å². The number of nitrogens with zero attached hydrogens (tertiary/aromatic N) is 2. The predicted octanol–water partition coefficient (Wildman–Crippen LogP) is 2.81. The van der Waals surface area contributed by atoms with E-state index in [0.29, 0.717) is 6.54 Å². The Morgan fingerprint density at radius 1 is 1.17 bits per heavy atom. The summed E-state index contributed by atoms with van der Waals surface area (Å²) >= 11 is 1.71. The number of benzene rings is 1. The number of nitrogens with one attached hydrogen (secondary N) is 3. The van der Waals surface area contributed by atoms with E-state index in [4.69, 9.17) is 0 Å². The Bertz CT molecular complexity index is 880. The van der Waals surface area contributed by atoms with Gasteiger partial charge in [-0.25, -0.2) is 18.1 Å². The summed E-state index contributed by atoms with van der Waals surface area (Å²) in [6.07, 6.45) is 2.74. The number of thiazole rings is 1. The van der Waals surface area contributed by atoms with Crippen molar-refractivity contribution in [3.63, 3.8) is 0 Å². The lowest BCUT2D eigenvalue weighted by Gasteiger charge is -2.12. The summed E-state index contributed by atoms with van der Waals surface area (Å²) in [5, 5.41) is 7.65. The summed E-state index contributed by atoms with van der Waals surface area (Å²) in [5.41, 5.74) is 1.81. The van der Waals surface area contributed by atoms with Crippen LogP contribution in [0.5, 0.6) is 0 Å². The number of aliphatic imine (C=N–C) groups is 1. The van der Waals surface area contributed by atoms with Crippen LogP contribution in [0.2, 0.25) is 0 Å². The average Bonchev–Trinajstić information content (AvgIpc) is 3.03. The monoisotopic (exact) mass is 551 g/mol. The summed E-state index contributed by atoms with van der Waals surface area (Å²) in [7, 11) is -1.57. The van der Waals surface area contributed by atoms with E-state index in [1.165, 1.54) is 4.88 Å². The van der Waals surface area contributed by atoms with Crippen LogP contribution in [-0.4, -0.2) is 39.0 Å². The van der Waals surface area contributed by atoms with Gasteiger partial charge in [-0.1, -0.05) is 24.3 Å². The molecule has 2 rings (SSSR count). The van der Waals surface area contributed by atoms with E-state index in [2.05, 4.69) is 32.3 Å². The van der Waals surface area contributed by atoms with E-state index >= 15 is 0 Å². The van der Waals surface area contributed by atoms with Crippen LogP contribution in [0.25, 0.3) is 0 Å². The standard InChI is InChI=1S/C19H29N5O2S2.HI/c1-14(2)24-28(25,26)13-17-7-5-16(6-8-17)12-23-19(20-4)21-10-9-18-22-11-15(3)27-18;/h5-8,11,14,24H,9-10,12-13H2,1-4H3,(H2,20,21,23);1H. The minimum Gasteiger partial charge on any atom is -0.356 e. The molecule has 0 aliphatic rings. The number of aromatic nitrogens is 1. The van der Waals surface area contributed by atoms with E-state index in [-0.39, 0.29) is 35.8 Å². The van der Waals surface area contributed by atoms with Crippen molar-refractivity contribution >= 4 is 51.3 Å². The van der Waals surface area contributed by atoms with Crippen molar-refractivity contribution in [1.29, 1.82) is 0 Å². The fourth-order valence-corrected chi connectivity index (χ4v) is 4.80. The highest BCUT2D eigenvalue weighted by Crippen LogP contribution is 2.11. The smallest absolute Gasteiger partial charge is 0.216 e. The quantitative estimate of drug-likeness (QED) is 0.253. The van der Waals surface area contributed by atoms with Gasteiger partial charge >= 0.3 is 0 Å². The fraction of sp³-hybridized carbons (Fsp3) is 0.474. The molecule has 162 valence electrons. The zero-order valence-corrected chi connectivity index (χ0v) is 21.2. The third-order valence-corrected chi connectivity index (χ3v) is 6.30. The Balaban J connectivity index is 0.00000420. The summed E-state index contributed by atoms with van der Waals surface area (Å²) in [4.78, 5) is 9.79. The van der Waals surface area contributed by atoms with E-state index in [9.17, 15) is 8.42 Å². The zero-order chi connectivity index (χ0) is 20.6. The molecule has 1 aromatic heterocycles. The minimum absolute atomic E-state index is 0. The highest BCUT2D eigenvalue weighted by atomic mass is 127. The van der Waals surface area contributed by atoms with Gasteiger partial charge in [-0.05, 0) is 31.9 Å². The molecule has 0 saturated heterocycles. The number of guanidine groups is 1. The lowest BCUT2D eigenvalue weighted by molar-refractivity contribution is 0.569. The number of aryl methyl sites for hydroxylation is 1. The molecule has 0 saturated carbocycles. The third-order valence-electron chi connectivity index (χ3n) is 3.78. The first-order valence-electron chi connectivity index (χ1n) is 9.21. The third kappa shape index (κ3) is 9.87. The van der Waals surface area contributed by atoms with E-state index < -0.39 is 10.0 Å². The molecule has 1 aromatic carbocycles. The fourth-order valence-electron chi connectivity index (χ4n) is 2.58. The molecule has 29 heavy (non-hydrogen) atoms. The van der Waals surface area contributed by atoms with E-state index in [0.717, 1.165) is 35.1 Å². The molecular weight excluding hydrogens is 521 g/mol. The molecule has 0 aliphatic carbocycles. The summed E-state index contributed by atoms with van der Waals surface area (Å²) in [6.45, 7) is 7.03. The molecule has 0 unspecified atom stereocenters.